The van der Waals surface area contributed by atoms with Gasteiger partial charge in [0.05, 0.1) is 0 Å². The zero-order chi connectivity index (χ0) is 14.9. The van der Waals surface area contributed by atoms with Crippen LogP contribution in [0, 0.1) is 6.92 Å². The van der Waals surface area contributed by atoms with Gasteiger partial charge in [0.15, 0.2) is 5.82 Å². The largest absolute Gasteiger partial charge is 0.361 e. The zero-order valence-electron chi connectivity index (χ0n) is 12.2. The Morgan fingerprint density at radius 3 is 2.91 bits per heavy atom. The molecule has 108 valence electrons. The first kappa shape index (κ1) is 12.6. The molecule has 3 heterocycles. The molecule has 2 aliphatic rings. The van der Waals surface area contributed by atoms with Gasteiger partial charge in [0, 0.05) is 56.1 Å². The third-order valence-corrected chi connectivity index (χ3v) is 5.75. The Morgan fingerprint density at radius 2 is 2.09 bits per heavy atom. The number of nitrogens with one attached hydrogen (secondary N) is 1. The molecule has 0 saturated heterocycles. The van der Waals surface area contributed by atoms with Crippen LogP contribution in [0.2, 0.25) is 0 Å². The predicted molar refractivity (Wildman–Crippen MR) is 93.0 cm³/mol. The molecule has 0 bridgehead atoms. The van der Waals surface area contributed by atoms with Gasteiger partial charge in [-0.05, 0) is 43.5 Å². The van der Waals surface area contributed by atoms with Crippen LogP contribution in [0.4, 0.5) is 5.82 Å². The van der Waals surface area contributed by atoms with Gasteiger partial charge in [-0.3, -0.25) is 0 Å². The highest BCUT2D eigenvalue weighted by atomic mass is 79.9. The highest BCUT2D eigenvalue weighted by Gasteiger charge is 2.47. The van der Waals surface area contributed by atoms with Crippen molar-refractivity contribution in [3.63, 3.8) is 0 Å². The summed E-state index contributed by atoms with van der Waals surface area (Å²) in [5.74, 6) is 0.901. The Kier molecular flexibility index (Phi) is 2.33. The fraction of sp³-hybridized carbons (Fsp3) is 0.222. The molecule has 0 radical (unpaired) electrons. The summed E-state index contributed by atoms with van der Waals surface area (Å²) in [6.45, 7) is 2.11. The van der Waals surface area contributed by atoms with Crippen molar-refractivity contribution in [2.24, 2.45) is 4.99 Å². The van der Waals surface area contributed by atoms with Crippen molar-refractivity contribution in [3.8, 4) is 11.1 Å². The van der Waals surface area contributed by atoms with Crippen LogP contribution in [0.5, 0.6) is 0 Å². The summed E-state index contributed by atoms with van der Waals surface area (Å²) >= 11 is 3.64. The average molecular weight is 352 g/mol. The lowest BCUT2D eigenvalue weighted by molar-refractivity contribution is 0.996. The molecular formula is C18H14BrN3. The van der Waals surface area contributed by atoms with Gasteiger partial charge >= 0.3 is 0 Å². The quantitative estimate of drug-likeness (QED) is 0.654. The first-order valence-corrected chi connectivity index (χ1v) is 8.29. The van der Waals surface area contributed by atoms with Gasteiger partial charge < -0.3 is 4.98 Å². The number of benzene rings is 1. The summed E-state index contributed by atoms with van der Waals surface area (Å²) in [6, 6.07) is 6.64. The molecule has 1 fully saturated rings. The minimum atomic E-state index is 0.196. The predicted octanol–water partition coefficient (Wildman–Crippen LogP) is 5.05. The summed E-state index contributed by atoms with van der Waals surface area (Å²) in [5, 5.41) is 1.22. The second-order valence-electron chi connectivity index (χ2n) is 6.36. The van der Waals surface area contributed by atoms with Crippen LogP contribution in [0.1, 0.15) is 24.0 Å². The summed E-state index contributed by atoms with van der Waals surface area (Å²) in [6.07, 6.45) is 8.51. The van der Waals surface area contributed by atoms with Crippen molar-refractivity contribution in [2.45, 2.75) is 25.2 Å². The van der Waals surface area contributed by atoms with Crippen LogP contribution in [-0.4, -0.2) is 16.2 Å². The number of rotatable bonds is 1. The highest BCUT2D eigenvalue weighted by molar-refractivity contribution is 9.10. The Bertz CT molecular complexity index is 964. The molecule has 22 heavy (non-hydrogen) atoms. The van der Waals surface area contributed by atoms with E-state index >= 15 is 0 Å². The molecule has 1 aliphatic carbocycles. The van der Waals surface area contributed by atoms with Crippen molar-refractivity contribution in [2.75, 3.05) is 0 Å². The minimum absolute atomic E-state index is 0.196. The van der Waals surface area contributed by atoms with E-state index in [1.807, 2.05) is 6.20 Å². The summed E-state index contributed by atoms with van der Waals surface area (Å²) in [5.41, 5.74) is 6.25. The third kappa shape index (κ3) is 1.61. The first-order chi connectivity index (χ1) is 10.7. The zero-order valence-corrected chi connectivity index (χ0v) is 13.7. The number of aryl methyl sites for hydroxylation is 1. The maximum absolute atomic E-state index is 4.57. The van der Waals surface area contributed by atoms with E-state index in [-0.39, 0.29) is 5.41 Å². The molecule has 0 atom stereocenters. The number of aliphatic imine (C=N–C) groups is 1. The van der Waals surface area contributed by atoms with Crippen LogP contribution in [-0.2, 0) is 5.41 Å². The second-order valence-corrected chi connectivity index (χ2v) is 7.21. The fourth-order valence-electron chi connectivity index (χ4n) is 3.35. The van der Waals surface area contributed by atoms with Gasteiger partial charge in [-0.25, -0.2) is 9.98 Å². The Morgan fingerprint density at radius 1 is 1.23 bits per heavy atom. The number of aromatic nitrogens is 2. The molecule has 1 aromatic carbocycles. The van der Waals surface area contributed by atoms with Crippen molar-refractivity contribution < 1.29 is 0 Å². The van der Waals surface area contributed by atoms with Crippen LogP contribution < -0.4 is 0 Å². The van der Waals surface area contributed by atoms with Crippen molar-refractivity contribution in [1.29, 1.82) is 0 Å². The van der Waals surface area contributed by atoms with E-state index in [0.717, 1.165) is 21.4 Å². The topological polar surface area (TPSA) is 41.0 Å². The van der Waals surface area contributed by atoms with E-state index in [2.05, 4.69) is 68.4 Å². The molecule has 1 saturated carbocycles. The molecule has 3 aromatic rings. The maximum Gasteiger partial charge on any atom is 0.155 e. The van der Waals surface area contributed by atoms with Crippen molar-refractivity contribution in [3.05, 3.63) is 46.2 Å². The molecule has 0 amide bonds. The number of hydrogen-bond acceptors (Lipinski definition) is 2. The molecule has 4 heteroatoms. The summed E-state index contributed by atoms with van der Waals surface area (Å²) in [4.78, 5) is 12.4. The van der Waals surface area contributed by atoms with Gasteiger partial charge in [0.25, 0.3) is 0 Å². The normalized spacial score (nSPS) is 17.4. The van der Waals surface area contributed by atoms with Crippen LogP contribution >= 0.6 is 15.9 Å². The lowest BCUT2D eigenvalue weighted by Crippen LogP contribution is -2.03. The summed E-state index contributed by atoms with van der Waals surface area (Å²) in [7, 11) is 0. The smallest absolute Gasteiger partial charge is 0.155 e. The van der Waals surface area contributed by atoms with E-state index < -0.39 is 0 Å². The van der Waals surface area contributed by atoms with Crippen LogP contribution in [0.25, 0.3) is 22.0 Å². The van der Waals surface area contributed by atoms with Crippen LogP contribution in [0.3, 0.4) is 0 Å². The molecule has 5 rings (SSSR count). The van der Waals surface area contributed by atoms with Gasteiger partial charge in [-0.1, -0.05) is 15.9 Å². The number of pyridine rings is 1. The number of fused-ring (bicyclic) bond motifs is 3. The van der Waals surface area contributed by atoms with Gasteiger partial charge in [-0.15, -0.1) is 0 Å². The van der Waals surface area contributed by atoms with Gasteiger partial charge in [-0.2, -0.15) is 0 Å². The van der Waals surface area contributed by atoms with Crippen molar-refractivity contribution >= 4 is 38.9 Å². The third-order valence-electron chi connectivity index (χ3n) is 4.90. The fourth-order valence-corrected chi connectivity index (χ4v) is 3.70. The number of nitrogens with zero attached hydrogens (tertiary/aromatic N) is 2. The molecule has 1 aliphatic heterocycles. The SMILES string of the molecule is Cc1cc2[nH]cc(-c3cnc4c(c3)C3(C=N4)CC3)c2cc1Br. The van der Waals surface area contributed by atoms with Crippen LogP contribution in [0.15, 0.2) is 40.1 Å². The number of hydrogen-bond donors (Lipinski definition) is 1. The Labute approximate surface area is 136 Å². The molecule has 1 N–H and O–H groups in total. The molecular weight excluding hydrogens is 338 g/mol. The van der Waals surface area contributed by atoms with Crippen molar-refractivity contribution in [1.82, 2.24) is 9.97 Å². The standard InChI is InChI=1S/C18H14BrN3/c1-10-4-16-12(6-15(10)19)13(8-20-16)11-5-14-17(21-7-11)22-9-18(14)2-3-18/h4-9,20H,2-3H2,1H3. The highest BCUT2D eigenvalue weighted by Crippen LogP contribution is 2.53. The lowest BCUT2D eigenvalue weighted by Gasteiger charge is -2.08. The number of aromatic amines is 1. The molecule has 3 nitrogen and oxygen atoms in total. The van der Waals surface area contributed by atoms with E-state index in [9.17, 15) is 0 Å². The monoisotopic (exact) mass is 351 g/mol. The second kappa shape index (κ2) is 4.07. The Balaban J connectivity index is 1.71. The van der Waals surface area contributed by atoms with E-state index in [1.54, 1.807) is 0 Å². The number of H-pyrrole nitrogens is 1. The van der Waals surface area contributed by atoms with E-state index in [0.29, 0.717) is 0 Å². The first-order valence-electron chi connectivity index (χ1n) is 7.50. The van der Waals surface area contributed by atoms with E-state index in [4.69, 9.17) is 0 Å². The van der Waals surface area contributed by atoms with Gasteiger partial charge in [0.1, 0.15) is 0 Å². The van der Waals surface area contributed by atoms with E-state index in [1.165, 1.54) is 34.9 Å². The summed E-state index contributed by atoms with van der Waals surface area (Å²) < 4.78 is 1.14. The maximum atomic E-state index is 4.57. The Hall–Kier alpha value is -1.94. The number of halogens is 1. The molecule has 1 spiro atoms. The molecule has 0 unspecified atom stereocenters. The molecule has 2 aromatic heterocycles. The average Bonchev–Trinajstić information content (AvgIpc) is 3.07. The lowest BCUT2D eigenvalue weighted by atomic mass is 9.96. The van der Waals surface area contributed by atoms with Gasteiger partial charge in [0.2, 0.25) is 0 Å². The minimum Gasteiger partial charge on any atom is -0.361 e.